The number of carbonyl (C=O) groups excluding carboxylic acids is 1. The highest BCUT2D eigenvalue weighted by atomic mass is 16.5. The average molecular weight is 356 g/mol. The number of para-hydroxylation sites is 1. The lowest BCUT2D eigenvalue weighted by Gasteiger charge is -2.06. The molecule has 0 aliphatic heterocycles. The minimum Gasteiger partial charge on any atom is -0.493 e. The fourth-order valence-corrected chi connectivity index (χ4v) is 2.58. The molecule has 0 radical (unpaired) electrons. The third-order valence-corrected chi connectivity index (χ3v) is 3.87. The van der Waals surface area contributed by atoms with Gasteiger partial charge in [-0.1, -0.05) is 72.8 Å². The van der Waals surface area contributed by atoms with E-state index in [-0.39, 0.29) is 5.78 Å². The molecular formula is C23H20N2O2. The van der Waals surface area contributed by atoms with Crippen molar-refractivity contribution in [2.24, 2.45) is 10.2 Å². The van der Waals surface area contributed by atoms with Gasteiger partial charge in [0, 0.05) is 16.7 Å². The number of ether oxygens (including phenoxy) is 1. The maximum absolute atomic E-state index is 12.9. The van der Waals surface area contributed by atoms with Crippen molar-refractivity contribution in [2.75, 3.05) is 6.61 Å². The Labute approximate surface area is 158 Å². The van der Waals surface area contributed by atoms with Crippen molar-refractivity contribution in [3.8, 4) is 5.75 Å². The van der Waals surface area contributed by atoms with Crippen LogP contribution in [0.15, 0.2) is 95.1 Å². The molecule has 0 atom stereocenters. The zero-order valence-electron chi connectivity index (χ0n) is 15.1. The van der Waals surface area contributed by atoms with Crippen molar-refractivity contribution in [1.82, 2.24) is 0 Å². The van der Waals surface area contributed by atoms with Gasteiger partial charge in [-0.15, -0.1) is 5.10 Å². The second-order valence-electron chi connectivity index (χ2n) is 5.73. The summed E-state index contributed by atoms with van der Waals surface area (Å²) in [6.45, 7) is 2.49. The van der Waals surface area contributed by atoms with Crippen LogP contribution in [0, 0.1) is 0 Å². The number of Topliss-reactive ketones (excluding diaryl/α,β-unsaturated/α-hetero) is 1. The fourth-order valence-electron chi connectivity index (χ4n) is 2.58. The summed E-state index contributed by atoms with van der Waals surface area (Å²) in [4.78, 5) is 12.9. The van der Waals surface area contributed by atoms with Crippen LogP contribution in [0.1, 0.15) is 28.4 Å². The molecule has 134 valence electrons. The molecule has 0 N–H and O–H groups in total. The summed E-state index contributed by atoms with van der Waals surface area (Å²) in [5, 5.41) is 8.42. The molecule has 0 spiro atoms. The Morgan fingerprint density at radius 2 is 1.44 bits per heavy atom. The first-order chi connectivity index (χ1) is 13.3. The van der Waals surface area contributed by atoms with Gasteiger partial charge in [-0.25, -0.2) is 0 Å². The fraction of sp³-hybridized carbons (Fsp3) is 0.0870. The molecule has 0 aromatic heterocycles. The summed E-state index contributed by atoms with van der Waals surface area (Å²) in [6.07, 6.45) is 1.60. The maximum Gasteiger partial charge on any atom is 0.213 e. The first-order valence-electron chi connectivity index (χ1n) is 8.77. The maximum atomic E-state index is 12.9. The Kier molecular flexibility index (Phi) is 6.26. The summed E-state index contributed by atoms with van der Waals surface area (Å²) < 4.78 is 5.59. The molecule has 0 aliphatic carbocycles. The smallest absolute Gasteiger partial charge is 0.213 e. The zero-order chi connectivity index (χ0) is 18.9. The van der Waals surface area contributed by atoms with Gasteiger partial charge in [0.15, 0.2) is 0 Å². The Bertz CT molecular complexity index is 948. The van der Waals surface area contributed by atoms with E-state index in [1.54, 1.807) is 18.3 Å². The first-order valence-corrected chi connectivity index (χ1v) is 8.77. The van der Waals surface area contributed by atoms with Crippen LogP contribution < -0.4 is 4.74 Å². The molecule has 3 aromatic rings. The van der Waals surface area contributed by atoms with Gasteiger partial charge in [0.2, 0.25) is 5.78 Å². The number of hydrogen-bond donors (Lipinski definition) is 0. The molecule has 0 fully saturated rings. The monoisotopic (exact) mass is 356 g/mol. The van der Waals surface area contributed by atoms with Gasteiger partial charge in [-0.3, -0.25) is 4.79 Å². The minimum atomic E-state index is -0.169. The molecule has 3 aromatic carbocycles. The molecule has 0 unspecified atom stereocenters. The highest BCUT2D eigenvalue weighted by molar-refractivity contribution is 6.51. The Hall–Kier alpha value is -3.53. The normalized spacial score (nSPS) is 11.5. The third-order valence-electron chi connectivity index (χ3n) is 3.87. The van der Waals surface area contributed by atoms with Crippen LogP contribution in [0.5, 0.6) is 5.75 Å². The Balaban J connectivity index is 1.95. The molecule has 0 heterocycles. The van der Waals surface area contributed by atoms with E-state index in [2.05, 4.69) is 10.2 Å². The van der Waals surface area contributed by atoms with Crippen molar-refractivity contribution in [3.63, 3.8) is 0 Å². The van der Waals surface area contributed by atoms with E-state index in [4.69, 9.17) is 4.74 Å². The van der Waals surface area contributed by atoms with Crippen LogP contribution >= 0.6 is 0 Å². The molecule has 0 saturated carbocycles. The summed E-state index contributed by atoms with van der Waals surface area (Å²) in [7, 11) is 0. The highest BCUT2D eigenvalue weighted by Gasteiger charge is 2.16. The number of rotatable bonds is 7. The molecule has 4 nitrogen and oxygen atoms in total. The van der Waals surface area contributed by atoms with Gasteiger partial charge in [-0.2, -0.15) is 5.10 Å². The second-order valence-corrected chi connectivity index (χ2v) is 5.73. The van der Waals surface area contributed by atoms with Crippen LogP contribution in [-0.2, 0) is 0 Å². The topological polar surface area (TPSA) is 51.0 Å². The minimum absolute atomic E-state index is 0.169. The molecule has 4 heteroatoms. The average Bonchev–Trinajstić information content (AvgIpc) is 2.73. The van der Waals surface area contributed by atoms with Crippen LogP contribution in [0.25, 0.3) is 0 Å². The SMILES string of the molecule is CCOc1ccccc1/C=N/N=C(/C(=O)c1ccccc1)c1ccccc1. The largest absolute Gasteiger partial charge is 0.493 e. The van der Waals surface area contributed by atoms with Crippen molar-refractivity contribution >= 4 is 17.7 Å². The van der Waals surface area contributed by atoms with E-state index >= 15 is 0 Å². The quantitative estimate of drug-likeness (QED) is 0.347. The lowest BCUT2D eigenvalue weighted by molar-refractivity contribution is 0.106. The number of ketones is 1. The second kappa shape index (κ2) is 9.25. The van der Waals surface area contributed by atoms with Gasteiger partial charge in [-0.05, 0) is 19.1 Å². The standard InChI is InChI=1S/C23H20N2O2/c1-2-27-21-16-10-9-15-20(21)17-24-25-22(18-11-5-3-6-12-18)23(26)19-13-7-4-8-14-19/h3-17H,2H2,1H3/b24-17+,25-22+. The molecule has 0 amide bonds. The summed E-state index contributed by atoms with van der Waals surface area (Å²) in [6, 6.07) is 26.0. The molecule has 0 saturated heterocycles. The summed E-state index contributed by atoms with van der Waals surface area (Å²) in [5.74, 6) is 0.562. The van der Waals surface area contributed by atoms with E-state index in [1.165, 1.54) is 0 Å². The van der Waals surface area contributed by atoms with E-state index in [0.29, 0.717) is 17.9 Å². The molecule has 0 aliphatic rings. The lowest BCUT2D eigenvalue weighted by Crippen LogP contribution is -2.15. The Morgan fingerprint density at radius 1 is 0.852 bits per heavy atom. The van der Waals surface area contributed by atoms with E-state index in [9.17, 15) is 4.79 Å². The first kappa shape index (κ1) is 18.3. The van der Waals surface area contributed by atoms with E-state index in [1.807, 2.05) is 79.7 Å². The number of carbonyl (C=O) groups is 1. The van der Waals surface area contributed by atoms with Crippen molar-refractivity contribution in [2.45, 2.75) is 6.92 Å². The van der Waals surface area contributed by atoms with Crippen molar-refractivity contribution in [1.29, 1.82) is 0 Å². The third kappa shape index (κ3) is 4.76. The number of hydrogen-bond acceptors (Lipinski definition) is 4. The van der Waals surface area contributed by atoms with E-state index < -0.39 is 0 Å². The predicted molar refractivity (Wildman–Crippen MR) is 109 cm³/mol. The Morgan fingerprint density at radius 3 is 2.11 bits per heavy atom. The van der Waals surface area contributed by atoms with E-state index in [0.717, 1.165) is 16.9 Å². The summed E-state index contributed by atoms with van der Waals surface area (Å²) in [5.41, 5.74) is 2.40. The van der Waals surface area contributed by atoms with Gasteiger partial charge in [0.25, 0.3) is 0 Å². The van der Waals surface area contributed by atoms with Crippen LogP contribution in [0.3, 0.4) is 0 Å². The van der Waals surface area contributed by atoms with Crippen molar-refractivity contribution < 1.29 is 9.53 Å². The molecule has 27 heavy (non-hydrogen) atoms. The number of nitrogens with zero attached hydrogens (tertiary/aromatic N) is 2. The predicted octanol–water partition coefficient (Wildman–Crippen LogP) is 4.79. The number of benzene rings is 3. The van der Waals surface area contributed by atoms with Crippen LogP contribution in [-0.4, -0.2) is 24.3 Å². The van der Waals surface area contributed by atoms with Crippen LogP contribution in [0.4, 0.5) is 0 Å². The van der Waals surface area contributed by atoms with Gasteiger partial charge >= 0.3 is 0 Å². The van der Waals surface area contributed by atoms with Crippen molar-refractivity contribution in [3.05, 3.63) is 102 Å². The lowest BCUT2D eigenvalue weighted by atomic mass is 10.0. The highest BCUT2D eigenvalue weighted by Crippen LogP contribution is 2.16. The van der Waals surface area contributed by atoms with Crippen LogP contribution in [0.2, 0.25) is 0 Å². The zero-order valence-corrected chi connectivity index (χ0v) is 15.1. The van der Waals surface area contributed by atoms with Gasteiger partial charge in [0.1, 0.15) is 11.5 Å². The van der Waals surface area contributed by atoms with Gasteiger partial charge in [0.05, 0.1) is 12.8 Å². The molecule has 0 bridgehead atoms. The molecular weight excluding hydrogens is 336 g/mol. The van der Waals surface area contributed by atoms with Gasteiger partial charge < -0.3 is 4.74 Å². The molecule has 3 rings (SSSR count). The summed E-state index contributed by atoms with van der Waals surface area (Å²) >= 11 is 0.